The van der Waals surface area contributed by atoms with Gasteiger partial charge in [-0.2, -0.15) is 0 Å². The Bertz CT molecular complexity index is 851. The van der Waals surface area contributed by atoms with Crippen LogP contribution in [0.15, 0.2) is 28.8 Å². The lowest BCUT2D eigenvalue weighted by Crippen LogP contribution is -2.36. The van der Waals surface area contributed by atoms with E-state index in [1.807, 2.05) is 19.1 Å². The average molecular weight is 370 g/mol. The number of hydrogen-bond acceptors (Lipinski definition) is 5. The van der Waals surface area contributed by atoms with E-state index < -0.39 is 5.41 Å². The van der Waals surface area contributed by atoms with Crippen LogP contribution < -0.4 is 15.5 Å². The van der Waals surface area contributed by atoms with Crippen molar-refractivity contribution in [1.29, 1.82) is 0 Å². The van der Waals surface area contributed by atoms with Gasteiger partial charge in [-0.15, -0.1) is 0 Å². The maximum atomic E-state index is 12.8. The van der Waals surface area contributed by atoms with Crippen molar-refractivity contribution < 1.29 is 14.1 Å². The molecule has 27 heavy (non-hydrogen) atoms. The lowest BCUT2D eigenvalue weighted by Gasteiger charge is -2.22. The molecule has 1 saturated carbocycles. The normalized spacial score (nSPS) is 14.5. The summed E-state index contributed by atoms with van der Waals surface area (Å²) in [4.78, 5) is 27.6. The third-order valence-corrected chi connectivity index (χ3v) is 5.08. The number of amides is 2. The van der Waals surface area contributed by atoms with Crippen LogP contribution in [0.3, 0.4) is 0 Å². The minimum atomic E-state index is -1.03. The Morgan fingerprint density at radius 2 is 1.78 bits per heavy atom. The van der Waals surface area contributed by atoms with Crippen molar-refractivity contribution in [2.24, 2.45) is 5.41 Å². The van der Waals surface area contributed by atoms with Gasteiger partial charge >= 0.3 is 0 Å². The molecule has 1 aromatic carbocycles. The molecule has 1 aliphatic carbocycles. The number of carbonyl (C=O) groups excluding carboxylic acids is 2. The minimum absolute atomic E-state index is 0.279. The van der Waals surface area contributed by atoms with Gasteiger partial charge in [-0.25, -0.2) is 0 Å². The van der Waals surface area contributed by atoms with Gasteiger partial charge in [-0.05, 0) is 64.3 Å². The molecule has 2 aromatic rings. The summed E-state index contributed by atoms with van der Waals surface area (Å²) in [6, 6.07) is 7.58. The summed E-state index contributed by atoms with van der Waals surface area (Å²) >= 11 is 0. The first-order valence-corrected chi connectivity index (χ1v) is 9.31. The van der Waals surface area contributed by atoms with Crippen molar-refractivity contribution >= 4 is 29.0 Å². The monoisotopic (exact) mass is 370 g/mol. The Morgan fingerprint density at radius 3 is 2.30 bits per heavy atom. The van der Waals surface area contributed by atoms with E-state index in [0.717, 1.165) is 30.0 Å². The van der Waals surface area contributed by atoms with Crippen LogP contribution in [-0.4, -0.2) is 30.1 Å². The zero-order valence-electron chi connectivity index (χ0n) is 16.3. The number of rotatable bonds is 7. The number of nitrogens with one attached hydrogen (secondary N) is 2. The number of benzene rings is 1. The molecule has 1 aliphatic rings. The van der Waals surface area contributed by atoms with Gasteiger partial charge in [-0.1, -0.05) is 5.16 Å². The van der Waals surface area contributed by atoms with Crippen molar-refractivity contribution in [2.75, 3.05) is 28.6 Å². The van der Waals surface area contributed by atoms with E-state index in [1.54, 1.807) is 13.0 Å². The molecule has 0 aliphatic heterocycles. The van der Waals surface area contributed by atoms with Crippen LogP contribution in [0.25, 0.3) is 0 Å². The average Bonchev–Trinajstić information content (AvgIpc) is 3.36. The first kappa shape index (κ1) is 18.9. The van der Waals surface area contributed by atoms with Crippen LogP contribution in [0.1, 0.15) is 38.0 Å². The van der Waals surface area contributed by atoms with Crippen LogP contribution in [-0.2, 0) is 9.59 Å². The number of carbonyl (C=O) groups is 2. The smallest absolute Gasteiger partial charge is 0.241 e. The maximum Gasteiger partial charge on any atom is 0.241 e. The fourth-order valence-corrected chi connectivity index (χ4v) is 3.16. The third kappa shape index (κ3) is 3.82. The second-order valence-electron chi connectivity index (χ2n) is 6.98. The van der Waals surface area contributed by atoms with E-state index >= 15 is 0 Å². The van der Waals surface area contributed by atoms with E-state index in [0.29, 0.717) is 24.4 Å². The van der Waals surface area contributed by atoms with Crippen molar-refractivity contribution in [3.63, 3.8) is 0 Å². The van der Waals surface area contributed by atoms with E-state index in [9.17, 15) is 9.59 Å². The number of hydrogen-bond donors (Lipinski definition) is 2. The zero-order valence-corrected chi connectivity index (χ0v) is 16.3. The number of aryl methyl sites for hydroxylation is 2. The van der Waals surface area contributed by atoms with Crippen molar-refractivity contribution in [2.45, 2.75) is 40.5 Å². The molecular weight excluding hydrogens is 344 g/mol. The lowest BCUT2D eigenvalue weighted by atomic mass is 10.0. The molecule has 2 N–H and O–H groups in total. The molecule has 1 fully saturated rings. The SMILES string of the molecule is CCN(CC)c1ccc(NC(=O)C2(C(=O)Nc3cc(C)on3)CC2)c(C)c1. The highest BCUT2D eigenvalue weighted by Crippen LogP contribution is 2.47. The number of anilines is 3. The van der Waals surface area contributed by atoms with Crippen molar-refractivity contribution in [3.05, 3.63) is 35.6 Å². The minimum Gasteiger partial charge on any atom is -0.372 e. The van der Waals surface area contributed by atoms with Gasteiger partial charge in [0.25, 0.3) is 0 Å². The van der Waals surface area contributed by atoms with Crippen LogP contribution in [0.5, 0.6) is 0 Å². The molecule has 0 atom stereocenters. The summed E-state index contributed by atoms with van der Waals surface area (Å²) in [6.07, 6.45) is 1.05. The van der Waals surface area contributed by atoms with Gasteiger partial charge in [0, 0.05) is 30.5 Å². The summed E-state index contributed by atoms with van der Waals surface area (Å²) in [5.74, 6) is 0.310. The van der Waals surface area contributed by atoms with Crippen molar-refractivity contribution in [1.82, 2.24) is 5.16 Å². The first-order chi connectivity index (χ1) is 12.9. The van der Waals surface area contributed by atoms with E-state index in [-0.39, 0.29) is 11.8 Å². The molecule has 3 rings (SSSR count). The standard InChI is InChI=1S/C20H26N4O3/c1-5-24(6-2)15-7-8-16(13(3)11-15)21-18(25)20(9-10-20)19(26)22-17-12-14(4)27-23-17/h7-8,11-12H,5-6,9-10H2,1-4H3,(H,21,25)(H,22,23,26). The molecule has 7 heteroatoms. The highest BCUT2D eigenvalue weighted by molar-refractivity contribution is 6.16. The summed E-state index contributed by atoms with van der Waals surface area (Å²) in [7, 11) is 0. The van der Waals surface area contributed by atoms with Gasteiger partial charge in [0.15, 0.2) is 5.82 Å². The second kappa shape index (κ2) is 7.42. The molecule has 0 saturated heterocycles. The largest absolute Gasteiger partial charge is 0.372 e. The second-order valence-corrected chi connectivity index (χ2v) is 6.98. The predicted octanol–water partition coefficient (Wildman–Crippen LogP) is 3.50. The third-order valence-electron chi connectivity index (χ3n) is 5.08. The quantitative estimate of drug-likeness (QED) is 0.729. The Hall–Kier alpha value is -2.83. The molecule has 1 aromatic heterocycles. The van der Waals surface area contributed by atoms with Crippen LogP contribution in [0.2, 0.25) is 0 Å². The molecule has 0 bridgehead atoms. The predicted molar refractivity (Wildman–Crippen MR) is 105 cm³/mol. The van der Waals surface area contributed by atoms with E-state index in [1.165, 1.54) is 0 Å². The Labute approximate surface area is 159 Å². The highest BCUT2D eigenvalue weighted by Gasteiger charge is 2.56. The molecule has 1 heterocycles. The topological polar surface area (TPSA) is 87.5 Å². The van der Waals surface area contributed by atoms with Gasteiger partial charge in [0.1, 0.15) is 11.2 Å². The zero-order chi connectivity index (χ0) is 19.6. The number of nitrogens with zero attached hydrogens (tertiary/aromatic N) is 2. The molecule has 7 nitrogen and oxygen atoms in total. The summed E-state index contributed by atoms with van der Waals surface area (Å²) < 4.78 is 4.95. The van der Waals surface area contributed by atoms with Gasteiger partial charge in [0.05, 0.1) is 0 Å². The Kier molecular flexibility index (Phi) is 5.21. The van der Waals surface area contributed by atoms with Crippen LogP contribution in [0, 0.1) is 19.3 Å². The van der Waals surface area contributed by atoms with Gasteiger partial charge in [0.2, 0.25) is 11.8 Å². The molecule has 2 amide bonds. The van der Waals surface area contributed by atoms with Gasteiger partial charge in [-0.3, -0.25) is 9.59 Å². The molecule has 0 radical (unpaired) electrons. The van der Waals surface area contributed by atoms with E-state index in [2.05, 4.69) is 40.6 Å². The lowest BCUT2D eigenvalue weighted by molar-refractivity contribution is -0.131. The fraction of sp³-hybridized carbons (Fsp3) is 0.450. The molecule has 0 spiro atoms. The van der Waals surface area contributed by atoms with Gasteiger partial charge < -0.3 is 20.1 Å². The summed E-state index contributed by atoms with van der Waals surface area (Å²) in [6.45, 7) is 9.77. The molecular formula is C20H26N4O3. The number of aromatic nitrogens is 1. The van der Waals surface area contributed by atoms with E-state index in [4.69, 9.17) is 4.52 Å². The summed E-state index contributed by atoms with van der Waals surface area (Å²) in [5, 5.41) is 9.35. The first-order valence-electron chi connectivity index (χ1n) is 9.31. The van der Waals surface area contributed by atoms with Crippen molar-refractivity contribution in [3.8, 4) is 0 Å². The Morgan fingerprint density at radius 1 is 1.11 bits per heavy atom. The summed E-state index contributed by atoms with van der Waals surface area (Å²) in [5.41, 5.74) is 1.79. The fourth-order valence-electron chi connectivity index (χ4n) is 3.16. The van der Waals surface area contributed by atoms with Crippen LogP contribution >= 0.6 is 0 Å². The highest BCUT2D eigenvalue weighted by atomic mass is 16.5. The maximum absolute atomic E-state index is 12.8. The Balaban J connectivity index is 1.70. The molecule has 144 valence electrons. The molecule has 0 unspecified atom stereocenters. The van der Waals surface area contributed by atoms with Crippen LogP contribution in [0.4, 0.5) is 17.2 Å².